The van der Waals surface area contributed by atoms with Crippen LogP contribution in [0.5, 0.6) is 0 Å². The van der Waals surface area contributed by atoms with Gasteiger partial charge in [-0.3, -0.25) is 4.90 Å². The second-order valence-corrected chi connectivity index (χ2v) is 6.64. The van der Waals surface area contributed by atoms with Crippen LogP contribution in [0.15, 0.2) is 18.2 Å². The Morgan fingerprint density at radius 1 is 1.29 bits per heavy atom. The molecule has 1 atom stereocenters. The van der Waals surface area contributed by atoms with Crippen LogP contribution in [0.2, 0.25) is 0 Å². The van der Waals surface area contributed by atoms with Crippen LogP contribution in [0.3, 0.4) is 0 Å². The number of benzene rings is 1. The van der Waals surface area contributed by atoms with Crippen molar-refractivity contribution in [3.05, 3.63) is 29.3 Å². The molecule has 1 aromatic carbocycles. The summed E-state index contributed by atoms with van der Waals surface area (Å²) in [6, 6.07) is 8.16. The molecule has 0 aliphatic carbocycles. The molecule has 2 rings (SSSR count). The predicted molar refractivity (Wildman–Crippen MR) is 92.1 cm³/mol. The number of anilines is 1. The molecule has 3 nitrogen and oxygen atoms in total. The lowest BCUT2D eigenvalue weighted by Gasteiger charge is -2.40. The second-order valence-electron chi connectivity index (χ2n) is 6.64. The third-order valence-corrected chi connectivity index (χ3v) is 4.64. The Labute approximate surface area is 130 Å². The number of aryl methyl sites for hydroxylation is 1. The van der Waals surface area contributed by atoms with E-state index < -0.39 is 0 Å². The van der Waals surface area contributed by atoms with Crippen LogP contribution in [0.25, 0.3) is 0 Å². The number of hydrogen-bond acceptors (Lipinski definition) is 3. The van der Waals surface area contributed by atoms with Crippen molar-refractivity contribution in [2.75, 3.05) is 31.6 Å². The molecule has 0 aromatic heterocycles. The number of nitrogens with zero attached hydrogens (tertiary/aromatic N) is 2. The smallest absolute Gasteiger partial charge is 0.0370 e. The van der Waals surface area contributed by atoms with Crippen LogP contribution < -0.4 is 10.2 Å². The summed E-state index contributed by atoms with van der Waals surface area (Å²) in [4.78, 5) is 5.03. The SMILES string of the molecule is CCC1CN(c2ccc(CNC(C)C)c(C)c2)CCN1C. The Hall–Kier alpha value is -1.06. The molecule has 1 aliphatic rings. The molecular formula is C18H31N3. The van der Waals surface area contributed by atoms with Crippen molar-refractivity contribution in [1.29, 1.82) is 0 Å². The summed E-state index contributed by atoms with van der Waals surface area (Å²) in [7, 11) is 2.25. The minimum atomic E-state index is 0.534. The first-order chi connectivity index (χ1) is 10.0. The molecular weight excluding hydrogens is 258 g/mol. The molecule has 0 spiro atoms. The molecule has 21 heavy (non-hydrogen) atoms. The van der Waals surface area contributed by atoms with E-state index >= 15 is 0 Å². The van der Waals surface area contributed by atoms with E-state index in [1.54, 1.807) is 0 Å². The van der Waals surface area contributed by atoms with Crippen molar-refractivity contribution in [2.45, 2.75) is 52.7 Å². The molecule has 1 aliphatic heterocycles. The normalized spacial score (nSPS) is 20.3. The highest BCUT2D eigenvalue weighted by Crippen LogP contribution is 2.23. The Kier molecular flexibility index (Phi) is 5.65. The quantitative estimate of drug-likeness (QED) is 0.899. The lowest BCUT2D eigenvalue weighted by Crippen LogP contribution is -2.51. The number of rotatable bonds is 5. The van der Waals surface area contributed by atoms with E-state index in [1.807, 2.05) is 0 Å². The summed E-state index contributed by atoms with van der Waals surface area (Å²) in [5, 5.41) is 3.50. The monoisotopic (exact) mass is 289 g/mol. The van der Waals surface area contributed by atoms with Gasteiger partial charge in [-0.15, -0.1) is 0 Å². The molecule has 0 radical (unpaired) electrons. The lowest BCUT2D eigenvalue weighted by atomic mass is 10.0. The summed E-state index contributed by atoms with van der Waals surface area (Å²) >= 11 is 0. The summed E-state index contributed by atoms with van der Waals surface area (Å²) in [6.07, 6.45) is 1.22. The van der Waals surface area contributed by atoms with Gasteiger partial charge in [0.05, 0.1) is 0 Å². The zero-order valence-electron chi connectivity index (χ0n) is 14.3. The van der Waals surface area contributed by atoms with Crippen LogP contribution in [0.1, 0.15) is 38.3 Å². The molecule has 0 amide bonds. The Morgan fingerprint density at radius 3 is 2.67 bits per heavy atom. The van der Waals surface area contributed by atoms with E-state index in [2.05, 4.69) is 68.1 Å². The van der Waals surface area contributed by atoms with E-state index in [9.17, 15) is 0 Å². The maximum absolute atomic E-state index is 3.50. The van der Waals surface area contributed by atoms with Crippen LogP contribution in [0.4, 0.5) is 5.69 Å². The highest BCUT2D eigenvalue weighted by Gasteiger charge is 2.23. The van der Waals surface area contributed by atoms with Crippen molar-refractivity contribution in [1.82, 2.24) is 10.2 Å². The van der Waals surface area contributed by atoms with Gasteiger partial charge < -0.3 is 10.2 Å². The highest BCUT2D eigenvalue weighted by molar-refractivity contribution is 5.51. The van der Waals surface area contributed by atoms with Crippen molar-refractivity contribution in [2.24, 2.45) is 0 Å². The average Bonchev–Trinajstić information content (AvgIpc) is 2.46. The second kappa shape index (κ2) is 7.28. The van der Waals surface area contributed by atoms with Crippen molar-refractivity contribution >= 4 is 5.69 Å². The molecule has 3 heteroatoms. The van der Waals surface area contributed by atoms with Crippen LogP contribution in [0, 0.1) is 6.92 Å². The van der Waals surface area contributed by atoms with Crippen LogP contribution in [-0.4, -0.2) is 43.7 Å². The van der Waals surface area contributed by atoms with Gasteiger partial charge in [0.2, 0.25) is 0 Å². The van der Waals surface area contributed by atoms with Gasteiger partial charge in [0, 0.05) is 44.0 Å². The molecule has 0 bridgehead atoms. The zero-order chi connectivity index (χ0) is 15.4. The van der Waals surface area contributed by atoms with E-state index in [1.165, 1.54) is 23.2 Å². The average molecular weight is 289 g/mol. The summed E-state index contributed by atoms with van der Waals surface area (Å²) < 4.78 is 0. The Bertz CT molecular complexity index is 456. The molecule has 1 heterocycles. The van der Waals surface area contributed by atoms with Gasteiger partial charge >= 0.3 is 0 Å². The fourth-order valence-corrected chi connectivity index (χ4v) is 3.01. The summed E-state index contributed by atoms with van der Waals surface area (Å²) in [6.45, 7) is 13.3. The Morgan fingerprint density at radius 2 is 2.05 bits per heavy atom. The molecule has 1 saturated heterocycles. The van der Waals surface area contributed by atoms with Gasteiger partial charge in [0.15, 0.2) is 0 Å². The Balaban J connectivity index is 2.05. The first kappa shape index (κ1) is 16.3. The number of likely N-dealkylation sites (N-methyl/N-ethyl adjacent to an activating group) is 1. The van der Waals surface area contributed by atoms with Gasteiger partial charge in [0.25, 0.3) is 0 Å². The maximum Gasteiger partial charge on any atom is 0.0370 e. The largest absolute Gasteiger partial charge is 0.369 e. The standard InChI is InChI=1S/C18H31N3/c1-6-17-13-21(10-9-20(17)5)18-8-7-16(15(4)11-18)12-19-14(2)3/h7-8,11,14,17,19H,6,9-10,12-13H2,1-5H3. The number of piperazine rings is 1. The molecule has 1 unspecified atom stereocenters. The lowest BCUT2D eigenvalue weighted by molar-refractivity contribution is 0.213. The third-order valence-electron chi connectivity index (χ3n) is 4.64. The molecule has 118 valence electrons. The number of hydrogen-bond donors (Lipinski definition) is 1. The van der Waals surface area contributed by atoms with E-state index in [0.29, 0.717) is 12.1 Å². The molecule has 1 fully saturated rings. The topological polar surface area (TPSA) is 18.5 Å². The first-order valence-corrected chi connectivity index (χ1v) is 8.29. The van der Waals surface area contributed by atoms with Gasteiger partial charge in [-0.25, -0.2) is 0 Å². The van der Waals surface area contributed by atoms with E-state index in [4.69, 9.17) is 0 Å². The van der Waals surface area contributed by atoms with Gasteiger partial charge in [0.1, 0.15) is 0 Å². The van der Waals surface area contributed by atoms with Gasteiger partial charge in [-0.05, 0) is 43.7 Å². The van der Waals surface area contributed by atoms with Crippen molar-refractivity contribution in [3.63, 3.8) is 0 Å². The third kappa shape index (κ3) is 4.21. The van der Waals surface area contributed by atoms with E-state index in [0.717, 1.165) is 26.2 Å². The minimum Gasteiger partial charge on any atom is -0.369 e. The van der Waals surface area contributed by atoms with Crippen LogP contribution >= 0.6 is 0 Å². The summed E-state index contributed by atoms with van der Waals surface area (Å²) in [5.41, 5.74) is 4.19. The predicted octanol–water partition coefficient (Wildman–Crippen LogP) is 3.02. The molecule has 1 aromatic rings. The minimum absolute atomic E-state index is 0.534. The number of nitrogens with one attached hydrogen (secondary N) is 1. The van der Waals surface area contributed by atoms with E-state index in [-0.39, 0.29) is 0 Å². The zero-order valence-corrected chi connectivity index (χ0v) is 14.3. The van der Waals surface area contributed by atoms with Gasteiger partial charge in [-0.2, -0.15) is 0 Å². The van der Waals surface area contributed by atoms with Crippen molar-refractivity contribution < 1.29 is 0 Å². The fourth-order valence-electron chi connectivity index (χ4n) is 3.01. The summed E-state index contributed by atoms with van der Waals surface area (Å²) in [5.74, 6) is 0. The maximum atomic E-state index is 3.50. The highest BCUT2D eigenvalue weighted by atomic mass is 15.3. The van der Waals surface area contributed by atoms with Crippen LogP contribution in [-0.2, 0) is 6.54 Å². The fraction of sp³-hybridized carbons (Fsp3) is 0.667. The molecule has 1 N–H and O–H groups in total. The first-order valence-electron chi connectivity index (χ1n) is 8.29. The molecule has 0 saturated carbocycles. The van der Waals surface area contributed by atoms with Gasteiger partial charge in [-0.1, -0.05) is 26.8 Å². The van der Waals surface area contributed by atoms with Crippen molar-refractivity contribution in [3.8, 4) is 0 Å².